The van der Waals surface area contributed by atoms with Crippen molar-refractivity contribution in [1.29, 1.82) is 0 Å². The smallest absolute Gasteiger partial charge is 0.230 e. The highest BCUT2D eigenvalue weighted by molar-refractivity contribution is 8.01. The Morgan fingerprint density at radius 3 is 2.86 bits per heavy atom. The van der Waals surface area contributed by atoms with Crippen LogP contribution in [0.3, 0.4) is 0 Å². The van der Waals surface area contributed by atoms with Crippen molar-refractivity contribution in [2.75, 3.05) is 25.4 Å². The lowest BCUT2D eigenvalue weighted by Crippen LogP contribution is -2.40. The summed E-state index contributed by atoms with van der Waals surface area (Å²) in [5.74, 6) is 1.07. The number of hydrogen-bond acceptors (Lipinski definition) is 5. The molecule has 1 aliphatic heterocycles. The number of rotatable bonds is 7. The maximum absolute atomic E-state index is 12.3. The number of hydrogen-bond donors (Lipinski definition) is 1. The lowest BCUT2D eigenvalue weighted by molar-refractivity contribution is -0.118. The molecule has 0 spiro atoms. The summed E-state index contributed by atoms with van der Waals surface area (Å²) >= 11 is 3.18. The van der Waals surface area contributed by atoms with E-state index in [0.29, 0.717) is 11.7 Å². The van der Waals surface area contributed by atoms with Crippen LogP contribution in [0.2, 0.25) is 0 Å². The predicted molar refractivity (Wildman–Crippen MR) is 118 cm³/mol. The van der Waals surface area contributed by atoms with Crippen LogP contribution in [-0.2, 0) is 11.3 Å². The lowest BCUT2D eigenvalue weighted by Gasteiger charge is -2.32. The standard InChI is InChI=1S/C22H25N3OS2/c26-21(16-27-22-24-19-10-4-5-11-20(19)28-22)23-13-18-9-6-12-25(15-18)14-17-7-2-1-3-8-17/h1-5,7-8,10-11,18H,6,9,12-16H2,(H,23,26)/t18-/m1/s1. The van der Waals surface area contributed by atoms with Gasteiger partial charge in [0.15, 0.2) is 4.34 Å². The lowest BCUT2D eigenvalue weighted by atomic mass is 9.97. The van der Waals surface area contributed by atoms with Crippen LogP contribution in [0.25, 0.3) is 10.2 Å². The number of para-hydroxylation sites is 1. The van der Waals surface area contributed by atoms with E-state index in [4.69, 9.17) is 0 Å². The number of piperidine rings is 1. The fraction of sp³-hybridized carbons (Fsp3) is 0.364. The van der Waals surface area contributed by atoms with Crippen molar-refractivity contribution in [3.8, 4) is 0 Å². The van der Waals surface area contributed by atoms with E-state index >= 15 is 0 Å². The summed E-state index contributed by atoms with van der Waals surface area (Å²) in [6, 6.07) is 18.7. The van der Waals surface area contributed by atoms with Gasteiger partial charge >= 0.3 is 0 Å². The molecule has 1 fully saturated rings. The van der Waals surface area contributed by atoms with Crippen molar-refractivity contribution in [2.24, 2.45) is 5.92 Å². The highest BCUT2D eigenvalue weighted by Gasteiger charge is 2.20. The van der Waals surface area contributed by atoms with Crippen LogP contribution in [0.15, 0.2) is 58.9 Å². The van der Waals surface area contributed by atoms with E-state index in [1.54, 1.807) is 11.3 Å². The van der Waals surface area contributed by atoms with E-state index in [2.05, 4.69) is 51.6 Å². The third kappa shape index (κ3) is 5.34. The third-order valence-electron chi connectivity index (χ3n) is 5.04. The van der Waals surface area contributed by atoms with Crippen molar-refractivity contribution in [3.05, 3.63) is 60.2 Å². The molecule has 6 heteroatoms. The molecule has 0 aliphatic carbocycles. The van der Waals surface area contributed by atoms with Gasteiger partial charge < -0.3 is 5.32 Å². The van der Waals surface area contributed by atoms with Gasteiger partial charge in [-0.2, -0.15) is 0 Å². The van der Waals surface area contributed by atoms with E-state index in [9.17, 15) is 4.79 Å². The minimum atomic E-state index is 0.101. The first-order chi connectivity index (χ1) is 13.8. The Labute approximate surface area is 174 Å². The molecule has 2 heterocycles. The van der Waals surface area contributed by atoms with Crippen LogP contribution in [0.4, 0.5) is 0 Å². The zero-order valence-electron chi connectivity index (χ0n) is 15.8. The normalized spacial score (nSPS) is 17.6. The first-order valence-corrected chi connectivity index (χ1v) is 11.6. The number of likely N-dealkylation sites (tertiary alicyclic amines) is 1. The molecule has 0 saturated carbocycles. The molecule has 1 N–H and O–H groups in total. The first-order valence-electron chi connectivity index (χ1n) is 9.77. The molecule has 0 unspecified atom stereocenters. The number of fused-ring (bicyclic) bond motifs is 1. The summed E-state index contributed by atoms with van der Waals surface area (Å²) in [5, 5.41) is 3.13. The van der Waals surface area contributed by atoms with Gasteiger partial charge in [0.1, 0.15) is 0 Å². The Hall–Kier alpha value is -1.89. The van der Waals surface area contributed by atoms with Gasteiger partial charge in [0.25, 0.3) is 0 Å². The molecule has 2 aromatic carbocycles. The number of carbonyl (C=O) groups is 1. The first kappa shape index (κ1) is 19.4. The van der Waals surface area contributed by atoms with Crippen molar-refractivity contribution < 1.29 is 4.79 Å². The average molecular weight is 412 g/mol. The fourth-order valence-electron chi connectivity index (χ4n) is 3.65. The molecule has 3 aromatic rings. The number of thioether (sulfide) groups is 1. The molecule has 146 valence electrons. The number of amides is 1. The summed E-state index contributed by atoms with van der Waals surface area (Å²) in [5.41, 5.74) is 2.37. The quantitative estimate of drug-likeness (QED) is 0.585. The molecule has 0 bridgehead atoms. The van der Waals surface area contributed by atoms with Crippen LogP contribution < -0.4 is 5.32 Å². The molecule has 1 aromatic heterocycles. The molecular weight excluding hydrogens is 386 g/mol. The Morgan fingerprint density at radius 2 is 2.00 bits per heavy atom. The Balaban J connectivity index is 1.20. The maximum Gasteiger partial charge on any atom is 0.230 e. The van der Waals surface area contributed by atoms with E-state index in [1.165, 1.54) is 34.9 Å². The van der Waals surface area contributed by atoms with Gasteiger partial charge in [0, 0.05) is 19.6 Å². The van der Waals surface area contributed by atoms with E-state index in [-0.39, 0.29) is 5.91 Å². The van der Waals surface area contributed by atoms with Crippen molar-refractivity contribution >= 4 is 39.2 Å². The molecule has 4 nitrogen and oxygen atoms in total. The summed E-state index contributed by atoms with van der Waals surface area (Å²) in [4.78, 5) is 19.4. The molecule has 1 atom stereocenters. The zero-order valence-corrected chi connectivity index (χ0v) is 17.5. The van der Waals surface area contributed by atoms with E-state index in [1.807, 2.05) is 18.2 Å². The highest BCUT2D eigenvalue weighted by Crippen LogP contribution is 2.29. The minimum absolute atomic E-state index is 0.101. The zero-order chi connectivity index (χ0) is 19.2. The molecule has 28 heavy (non-hydrogen) atoms. The summed E-state index contributed by atoms with van der Waals surface area (Å²) in [6.07, 6.45) is 2.39. The Bertz CT molecular complexity index is 879. The van der Waals surface area contributed by atoms with E-state index in [0.717, 1.165) is 36.0 Å². The summed E-state index contributed by atoms with van der Waals surface area (Å²) in [7, 11) is 0. The van der Waals surface area contributed by atoms with Gasteiger partial charge in [-0.25, -0.2) is 4.98 Å². The number of thiazole rings is 1. The topological polar surface area (TPSA) is 45.2 Å². The fourth-order valence-corrected chi connectivity index (χ4v) is 5.55. The van der Waals surface area contributed by atoms with E-state index < -0.39 is 0 Å². The maximum atomic E-state index is 12.3. The number of nitrogens with one attached hydrogen (secondary N) is 1. The second-order valence-corrected chi connectivity index (χ2v) is 9.52. The van der Waals surface area contributed by atoms with Gasteiger partial charge in [0.2, 0.25) is 5.91 Å². The molecule has 4 rings (SSSR count). The van der Waals surface area contributed by atoms with Gasteiger partial charge in [-0.3, -0.25) is 9.69 Å². The Kier molecular flexibility index (Phi) is 6.62. The number of benzene rings is 2. The SMILES string of the molecule is O=C(CSc1nc2ccccc2s1)NC[C@H]1CCCN(Cc2ccccc2)C1. The summed E-state index contributed by atoms with van der Waals surface area (Å²) < 4.78 is 2.13. The molecular formula is C22H25N3OS2. The van der Waals surface area contributed by atoms with Crippen LogP contribution in [0, 0.1) is 5.92 Å². The second-order valence-electron chi connectivity index (χ2n) is 7.27. The number of carbonyl (C=O) groups excluding carboxylic acids is 1. The van der Waals surface area contributed by atoms with Gasteiger partial charge in [-0.05, 0) is 43.0 Å². The second kappa shape index (κ2) is 9.54. The van der Waals surface area contributed by atoms with Gasteiger partial charge in [-0.1, -0.05) is 54.2 Å². The molecule has 1 saturated heterocycles. The van der Waals surface area contributed by atoms with Crippen molar-refractivity contribution in [1.82, 2.24) is 15.2 Å². The monoisotopic (exact) mass is 411 g/mol. The molecule has 1 amide bonds. The molecule has 0 radical (unpaired) electrons. The largest absolute Gasteiger partial charge is 0.355 e. The van der Waals surface area contributed by atoms with Crippen LogP contribution in [-0.4, -0.2) is 41.2 Å². The van der Waals surface area contributed by atoms with Crippen molar-refractivity contribution in [3.63, 3.8) is 0 Å². The van der Waals surface area contributed by atoms with Gasteiger partial charge in [-0.15, -0.1) is 11.3 Å². The van der Waals surface area contributed by atoms with Gasteiger partial charge in [0.05, 0.1) is 16.0 Å². The van der Waals surface area contributed by atoms with Crippen LogP contribution in [0.5, 0.6) is 0 Å². The summed E-state index contributed by atoms with van der Waals surface area (Å²) in [6.45, 7) is 3.97. The minimum Gasteiger partial charge on any atom is -0.355 e. The average Bonchev–Trinajstić information content (AvgIpc) is 3.15. The highest BCUT2D eigenvalue weighted by atomic mass is 32.2. The third-order valence-corrected chi connectivity index (χ3v) is 7.22. The predicted octanol–water partition coefficient (Wildman–Crippen LogP) is 4.42. The Morgan fingerprint density at radius 1 is 1.18 bits per heavy atom. The molecule has 1 aliphatic rings. The number of aromatic nitrogens is 1. The van der Waals surface area contributed by atoms with Crippen molar-refractivity contribution in [2.45, 2.75) is 23.7 Å². The number of nitrogens with zero attached hydrogens (tertiary/aromatic N) is 2. The van der Waals surface area contributed by atoms with Crippen LogP contribution in [0.1, 0.15) is 18.4 Å². The van der Waals surface area contributed by atoms with Crippen LogP contribution >= 0.6 is 23.1 Å².